The lowest BCUT2D eigenvalue weighted by Gasteiger charge is -2.09. The Balaban J connectivity index is 1.53. The van der Waals surface area contributed by atoms with E-state index >= 15 is 0 Å². The average Bonchev–Trinajstić information content (AvgIpc) is 2.72. The summed E-state index contributed by atoms with van der Waals surface area (Å²) in [4.78, 5) is 24.5. The first kappa shape index (κ1) is 18.4. The van der Waals surface area contributed by atoms with Crippen LogP contribution in [0.5, 0.6) is 0 Å². The van der Waals surface area contributed by atoms with Gasteiger partial charge in [-0.2, -0.15) is 0 Å². The van der Waals surface area contributed by atoms with E-state index in [-0.39, 0.29) is 11.8 Å². The smallest absolute Gasteiger partial charge is 0.251 e. The van der Waals surface area contributed by atoms with Crippen molar-refractivity contribution >= 4 is 17.5 Å². The molecule has 0 atom stereocenters. The fourth-order valence-electron chi connectivity index (χ4n) is 2.74. The third-order valence-corrected chi connectivity index (χ3v) is 4.19. The highest BCUT2D eigenvalue weighted by Gasteiger charge is 2.08. The molecular formula is C23H22N2O2. The third kappa shape index (κ3) is 5.82. The second-order valence-electron chi connectivity index (χ2n) is 6.28. The molecule has 0 aliphatic heterocycles. The second-order valence-corrected chi connectivity index (χ2v) is 6.28. The zero-order chi connectivity index (χ0) is 18.9. The van der Waals surface area contributed by atoms with Gasteiger partial charge < -0.3 is 10.6 Å². The molecule has 0 saturated heterocycles. The van der Waals surface area contributed by atoms with E-state index in [9.17, 15) is 9.59 Å². The van der Waals surface area contributed by atoms with Gasteiger partial charge in [0.15, 0.2) is 0 Å². The van der Waals surface area contributed by atoms with Crippen molar-refractivity contribution in [3.8, 4) is 0 Å². The number of rotatable bonds is 7. The molecule has 136 valence electrons. The van der Waals surface area contributed by atoms with Gasteiger partial charge in [-0.05, 0) is 35.7 Å². The standard InChI is InChI=1S/C23H22N2O2/c26-22(15-14-18-8-3-1-4-9-18)25-21-13-7-12-20(16-21)23(27)24-17-19-10-5-2-6-11-19/h1-13,16H,14-15,17H2,(H,24,27)(H,25,26). The van der Waals surface area contributed by atoms with Gasteiger partial charge in [0.05, 0.1) is 0 Å². The lowest BCUT2D eigenvalue weighted by molar-refractivity contribution is -0.116. The van der Waals surface area contributed by atoms with Crippen molar-refractivity contribution in [2.45, 2.75) is 19.4 Å². The van der Waals surface area contributed by atoms with Crippen molar-refractivity contribution in [3.63, 3.8) is 0 Å². The molecule has 0 aliphatic rings. The molecule has 0 fully saturated rings. The molecule has 0 heterocycles. The van der Waals surface area contributed by atoms with E-state index < -0.39 is 0 Å². The predicted molar refractivity (Wildman–Crippen MR) is 107 cm³/mol. The van der Waals surface area contributed by atoms with Crippen LogP contribution in [0.1, 0.15) is 27.9 Å². The maximum Gasteiger partial charge on any atom is 0.251 e. The fourth-order valence-corrected chi connectivity index (χ4v) is 2.74. The Labute approximate surface area is 159 Å². The summed E-state index contributed by atoms with van der Waals surface area (Å²) in [6.45, 7) is 0.466. The lowest BCUT2D eigenvalue weighted by atomic mass is 10.1. The van der Waals surface area contributed by atoms with Crippen LogP contribution in [-0.4, -0.2) is 11.8 Å². The van der Waals surface area contributed by atoms with Crippen LogP contribution in [-0.2, 0) is 17.8 Å². The van der Waals surface area contributed by atoms with Crippen molar-refractivity contribution in [1.82, 2.24) is 5.32 Å². The van der Waals surface area contributed by atoms with Gasteiger partial charge in [0.2, 0.25) is 5.91 Å². The quantitative estimate of drug-likeness (QED) is 0.665. The van der Waals surface area contributed by atoms with Crippen LogP contribution in [0, 0.1) is 0 Å². The van der Waals surface area contributed by atoms with E-state index in [1.54, 1.807) is 24.3 Å². The SMILES string of the molecule is O=C(CCc1ccccc1)Nc1cccc(C(=O)NCc2ccccc2)c1. The number of anilines is 1. The number of carbonyl (C=O) groups is 2. The molecule has 0 spiro atoms. The lowest BCUT2D eigenvalue weighted by Crippen LogP contribution is -2.23. The molecule has 2 N–H and O–H groups in total. The monoisotopic (exact) mass is 358 g/mol. The summed E-state index contributed by atoms with van der Waals surface area (Å²) in [6.07, 6.45) is 1.08. The molecule has 0 saturated carbocycles. The van der Waals surface area contributed by atoms with Crippen molar-refractivity contribution in [2.75, 3.05) is 5.32 Å². The summed E-state index contributed by atoms with van der Waals surface area (Å²) in [6, 6.07) is 26.6. The van der Waals surface area contributed by atoms with E-state index in [4.69, 9.17) is 0 Å². The topological polar surface area (TPSA) is 58.2 Å². The van der Waals surface area contributed by atoms with Crippen molar-refractivity contribution < 1.29 is 9.59 Å². The fraction of sp³-hybridized carbons (Fsp3) is 0.130. The molecule has 0 unspecified atom stereocenters. The molecule has 3 aromatic rings. The van der Waals surface area contributed by atoms with Crippen LogP contribution >= 0.6 is 0 Å². The maximum atomic E-state index is 12.3. The van der Waals surface area contributed by atoms with Gasteiger partial charge >= 0.3 is 0 Å². The van der Waals surface area contributed by atoms with Crippen LogP contribution in [0.2, 0.25) is 0 Å². The molecule has 0 aliphatic carbocycles. The molecule has 2 amide bonds. The van der Waals surface area contributed by atoms with E-state index in [1.165, 1.54) is 0 Å². The zero-order valence-electron chi connectivity index (χ0n) is 15.0. The number of carbonyl (C=O) groups excluding carboxylic acids is 2. The normalized spacial score (nSPS) is 10.2. The molecule has 4 heteroatoms. The summed E-state index contributed by atoms with van der Waals surface area (Å²) in [5.41, 5.74) is 3.31. The largest absolute Gasteiger partial charge is 0.348 e. The van der Waals surface area contributed by atoms with E-state index in [0.29, 0.717) is 30.6 Å². The Kier molecular flexibility index (Phi) is 6.36. The molecule has 3 aromatic carbocycles. The number of benzene rings is 3. The van der Waals surface area contributed by atoms with Crippen LogP contribution < -0.4 is 10.6 Å². The van der Waals surface area contributed by atoms with Crippen LogP contribution in [0.15, 0.2) is 84.9 Å². The molecule has 0 radical (unpaired) electrons. The Bertz CT molecular complexity index is 893. The summed E-state index contributed by atoms with van der Waals surface area (Å²) < 4.78 is 0. The number of nitrogens with one attached hydrogen (secondary N) is 2. The Morgan fingerprint density at radius 1 is 0.741 bits per heavy atom. The van der Waals surface area contributed by atoms with Crippen molar-refractivity contribution in [2.24, 2.45) is 0 Å². The highest BCUT2D eigenvalue weighted by atomic mass is 16.2. The first-order valence-corrected chi connectivity index (χ1v) is 8.97. The highest BCUT2D eigenvalue weighted by molar-refractivity contribution is 5.97. The summed E-state index contributed by atoms with van der Waals surface area (Å²) in [5, 5.41) is 5.75. The van der Waals surface area contributed by atoms with Gasteiger partial charge in [0.25, 0.3) is 5.91 Å². The summed E-state index contributed by atoms with van der Waals surface area (Å²) in [5.74, 6) is -0.236. The van der Waals surface area contributed by atoms with Gasteiger partial charge in [0.1, 0.15) is 0 Å². The second kappa shape index (κ2) is 9.34. The molecular weight excluding hydrogens is 336 g/mol. The molecule has 0 aromatic heterocycles. The van der Waals surface area contributed by atoms with Gasteiger partial charge in [-0.1, -0.05) is 66.7 Å². The van der Waals surface area contributed by atoms with Crippen molar-refractivity contribution in [3.05, 3.63) is 102 Å². The number of hydrogen-bond acceptors (Lipinski definition) is 2. The number of aryl methyl sites for hydroxylation is 1. The average molecular weight is 358 g/mol. The first-order valence-electron chi connectivity index (χ1n) is 8.97. The van der Waals surface area contributed by atoms with Crippen LogP contribution in [0.4, 0.5) is 5.69 Å². The minimum absolute atomic E-state index is 0.0688. The molecule has 27 heavy (non-hydrogen) atoms. The van der Waals surface area contributed by atoms with Gasteiger partial charge in [-0.15, -0.1) is 0 Å². The minimum Gasteiger partial charge on any atom is -0.348 e. The molecule has 0 bridgehead atoms. The minimum atomic E-state index is -0.167. The van der Waals surface area contributed by atoms with E-state index in [2.05, 4.69) is 10.6 Å². The van der Waals surface area contributed by atoms with Crippen LogP contribution in [0.3, 0.4) is 0 Å². The Hall–Kier alpha value is -3.40. The summed E-state index contributed by atoms with van der Waals surface area (Å²) in [7, 11) is 0. The van der Waals surface area contributed by atoms with Crippen LogP contribution in [0.25, 0.3) is 0 Å². The van der Waals surface area contributed by atoms with Gasteiger partial charge in [-0.25, -0.2) is 0 Å². The zero-order valence-corrected chi connectivity index (χ0v) is 15.0. The third-order valence-electron chi connectivity index (χ3n) is 4.19. The van der Waals surface area contributed by atoms with Crippen molar-refractivity contribution in [1.29, 1.82) is 0 Å². The maximum absolute atomic E-state index is 12.3. The molecule has 4 nitrogen and oxygen atoms in total. The first-order chi connectivity index (χ1) is 13.2. The molecule has 3 rings (SSSR count). The predicted octanol–water partition coefficient (Wildman–Crippen LogP) is 4.19. The Morgan fingerprint density at radius 2 is 1.41 bits per heavy atom. The number of hydrogen-bond donors (Lipinski definition) is 2. The number of amides is 2. The van der Waals surface area contributed by atoms with Gasteiger partial charge in [0, 0.05) is 24.2 Å². The van der Waals surface area contributed by atoms with E-state index in [0.717, 1.165) is 11.1 Å². The Morgan fingerprint density at radius 3 is 2.11 bits per heavy atom. The highest BCUT2D eigenvalue weighted by Crippen LogP contribution is 2.12. The van der Waals surface area contributed by atoms with E-state index in [1.807, 2.05) is 60.7 Å². The summed E-state index contributed by atoms with van der Waals surface area (Å²) >= 11 is 0. The van der Waals surface area contributed by atoms with Gasteiger partial charge in [-0.3, -0.25) is 9.59 Å².